The van der Waals surface area contributed by atoms with Crippen LogP contribution in [0.3, 0.4) is 0 Å². The largest absolute Gasteiger partial charge is 0.354 e. The van der Waals surface area contributed by atoms with Crippen LogP contribution in [0.4, 0.5) is 5.82 Å². The summed E-state index contributed by atoms with van der Waals surface area (Å²) in [6.07, 6.45) is 0.474. The lowest BCUT2D eigenvalue weighted by molar-refractivity contribution is 0.101. The van der Waals surface area contributed by atoms with Crippen molar-refractivity contribution in [1.82, 2.24) is 14.8 Å². The first-order valence-electron chi connectivity index (χ1n) is 8.37. The zero-order valence-electron chi connectivity index (χ0n) is 15.2. The molecule has 2 aromatic rings. The topological polar surface area (TPSA) is 114 Å². The van der Waals surface area contributed by atoms with Gasteiger partial charge in [-0.15, -0.1) is 0 Å². The van der Waals surface area contributed by atoms with Crippen molar-refractivity contribution in [2.24, 2.45) is 0 Å². The van der Waals surface area contributed by atoms with E-state index in [0.717, 1.165) is 0 Å². The fourth-order valence-electron chi connectivity index (χ4n) is 3.54. The second kappa shape index (κ2) is 6.39. The van der Waals surface area contributed by atoms with Crippen LogP contribution in [0, 0.1) is 20.8 Å². The number of anilines is 1. The SMILES string of the molecule is CC(=O)c1c(C)[nH]c(C(=O)Nc2cc(C)nn2C2CCS(=O)(=O)C2)c1C. The van der Waals surface area contributed by atoms with Crippen molar-refractivity contribution in [2.75, 3.05) is 16.8 Å². The van der Waals surface area contributed by atoms with Crippen LogP contribution in [-0.4, -0.2) is 46.4 Å². The van der Waals surface area contributed by atoms with Gasteiger partial charge in [-0.3, -0.25) is 9.59 Å². The van der Waals surface area contributed by atoms with Crippen molar-refractivity contribution in [1.29, 1.82) is 0 Å². The molecule has 1 amide bonds. The highest BCUT2D eigenvalue weighted by molar-refractivity contribution is 7.91. The lowest BCUT2D eigenvalue weighted by Crippen LogP contribution is -2.20. The molecule has 140 valence electrons. The van der Waals surface area contributed by atoms with E-state index in [-0.39, 0.29) is 29.2 Å². The number of aromatic nitrogens is 3. The smallest absolute Gasteiger partial charge is 0.273 e. The van der Waals surface area contributed by atoms with E-state index in [1.54, 1.807) is 31.5 Å². The van der Waals surface area contributed by atoms with Crippen molar-refractivity contribution in [3.05, 3.63) is 34.3 Å². The molecular weight excluding hydrogens is 356 g/mol. The molecule has 3 heterocycles. The molecule has 3 rings (SSSR count). The normalized spacial score (nSPS) is 18.8. The van der Waals surface area contributed by atoms with Crippen LogP contribution in [0.5, 0.6) is 0 Å². The molecule has 1 aliphatic heterocycles. The Morgan fingerprint density at radius 1 is 1.31 bits per heavy atom. The highest BCUT2D eigenvalue weighted by Gasteiger charge is 2.31. The minimum atomic E-state index is -3.07. The number of carbonyl (C=O) groups is 2. The molecule has 2 N–H and O–H groups in total. The molecular formula is C17H22N4O4S. The van der Waals surface area contributed by atoms with Gasteiger partial charge in [-0.05, 0) is 39.7 Å². The number of Topliss-reactive ketones (excluding diaryl/α,β-unsaturated/α-hetero) is 1. The first kappa shape index (κ1) is 18.4. The van der Waals surface area contributed by atoms with Crippen molar-refractivity contribution in [2.45, 2.75) is 40.2 Å². The molecule has 1 atom stereocenters. The molecule has 8 nitrogen and oxygen atoms in total. The summed E-state index contributed by atoms with van der Waals surface area (Å²) < 4.78 is 25.1. The number of carbonyl (C=O) groups excluding carboxylic acids is 2. The van der Waals surface area contributed by atoms with Crippen LogP contribution in [-0.2, 0) is 9.84 Å². The van der Waals surface area contributed by atoms with Gasteiger partial charge in [0.05, 0.1) is 23.2 Å². The molecule has 1 unspecified atom stereocenters. The molecule has 0 spiro atoms. The summed E-state index contributed by atoms with van der Waals surface area (Å²) in [6, 6.07) is 1.42. The highest BCUT2D eigenvalue weighted by atomic mass is 32.2. The molecule has 9 heteroatoms. The summed E-state index contributed by atoms with van der Waals surface area (Å²) >= 11 is 0. The van der Waals surface area contributed by atoms with Crippen molar-refractivity contribution >= 4 is 27.3 Å². The van der Waals surface area contributed by atoms with Gasteiger partial charge in [0, 0.05) is 17.3 Å². The maximum Gasteiger partial charge on any atom is 0.273 e. The van der Waals surface area contributed by atoms with E-state index in [0.29, 0.717) is 40.4 Å². The molecule has 2 aromatic heterocycles. The van der Waals surface area contributed by atoms with Crippen LogP contribution in [0.2, 0.25) is 0 Å². The van der Waals surface area contributed by atoms with Gasteiger partial charge in [-0.1, -0.05) is 0 Å². The number of nitrogens with zero attached hydrogens (tertiary/aromatic N) is 2. The molecule has 26 heavy (non-hydrogen) atoms. The third kappa shape index (κ3) is 3.31. The molecule has 0 radical (unpaired) electrons. The summed E-state index contributed by atoms with van der Waals surface area (Å²) in [6.45, 7) is 6.72. The van der Waals surface area contributed by atoms with E-state index in [9.17, 15) is 18.0 Å². The van der Waals surface area contributed by atoms with Crippen molar-refractivity contribution in [3.8, 4) is 0 Å². The van der Waals surface area contributed by atoms with Crippen LogP contribution >= 0.6 is 0 Å². The molecule has 0 bridgehead atoms. The standard InChI is InChI=1S/C17H22N4O4S/c1-9-7-14(21(20-9)13-5-6-26(24,25)8-13)19-17(23)16-10(2)15(12(4)22)11(3)18-16/h7,13,18H,5-6,8H2,1-4H3,(H,19,23). The number of sulfone groups is 1. The van der Waals surface area contributed by atoms with E-state index in [2.05, 4.69) is 15.4 Å². The Bertz CT molecular complexity index is 1000. The Labute approximate surface area is 151 Å². The molecule has 1 aliphatic rings. The molecule has 0 aliphatic carbocycles. The van der Waals surface area contributed by atoms with Gasteiger partial charge < -0.3 is 10.3 Å². The molecule has 0 aromatic carbocycles. The average molecular weight is 378 g/mol. The van der Waals surface area contributed by atoms with Crippen LogP contribution in [0.25, 0.3) is 0 Å². The quantitative estimate of drug-likeness (QED) is 0.789. The number of H-pyrrole nitrogens is 1. The fourth-order valence-corrected chi connectivity index (χ4v) is 5.23. The van der Waals surface area contributed by atoms with Gasteiger partial charge in [0.2, 0.25) is 0 Å². The van der Waals surface area contributed by atoms with Gasteiger partial charge >= 0.3 is 0 Å². The number of hydrogen-bond donors (Lipinski definition) is 2. The van der Waals surface area contributed by atoms with Crippen molar-refractivity contribution < 1.29 is 18.0 Å². The summed E-state index contributed by atoms with van der Waals surface area (Å²) in [5, 5.41) is 7.15. The summed E-state index contributed by atoms with van der Waals surface area (Å²) in [5.74, 6) is 0.102. The number of rotatable bonds is 4. The Morgan fingerprint density at radius 3 is 2.54 bits per heavy atom. The second-order valence-electron chi connectivity index (χ2n) is 6.81. The molecule has 0 saturated carbocycles. The van der Waals surface area contributed by atoms with E-state index in [1.165, 1.54) is 6.92 Å². The molecule has 1 saturated heterocycles. The predicted molar refractivity (Wildman–Crippen MR) is 97.5 cm³/mol. The van der Waals surface area contributed by atoms with Crippen LogP contribution in [0.15, 0.2) is 6.07 Å². The Balaban J connectivity index is 1.90. The first-order chi connectivity index (χ1) is 12.1. The number of aryl methyl sites for hydroxylation is 2. The minimum Gasteiger partial charge on any atom is -0.354 e. The number of amides is 1. The first-order valence-corrected chi connectivity index (χ1v) is 10.2. The number of ketones is 1. The predicted octanol–water partition coefficient (Wildman–Crippen LogP) is 1.95. The maximum absolute atomic E-state index is 12.7. The van der Waals surface area contributed by atoms with E-state index in [4.69, 9.17) is 0 Å². The zero-order valence-corrected chi connectivity index (χ0v) is 16.0. The van der Waals surface area contributed by atoms with Gasteiger partial charge in [0.1, 0.15) is 11.5 Å². The van der Waals surface area contributed by atoms with Gasteiger partial charge in [0.25, 0.3) is 5.91 Å². The maximum atomic E-state index is 12.7. The molecule has 1 fully saturated rings. The monoisotopic (exact) mass is 378 g/mol. The highest BCUT2D eigenvalue weighted by Crippen LogP contribution is 2.28. The number of nitrogens with one attached hydrogen (secondary N) is 2. The Morgan fingerprint density at radius 2 is 2.00 bits per heavy atom. The van der Waals surface area contributed by atoms with Crippen molar-refractivity contribution in [3.63, 3.8) is 0 Å². The number of aromatic amines is 1. The zero-order chi connectivity index (χ0) is 19.2. The lowest BCUT2D eigenvalue weighted by Gasteiger charge is -2.13. The van der Waals surface area contributed by atoms with Crippen LogP contribution in [0.1, 0.15) is 57.2 Å². The van der Waals surface area contributed by atoms with E-state index >= 15 is 0 Å². The van der Waals surface area contributed by atoms with E-state index in [1.807, 2.05) is 0 Å². The second-order valence-corrected chi connectivity index (χ2v) is 9.04. The third-order valence-corrected chi connectivity index (χ3v) is 6.42. The number of hydrogen-bond acceptors (Lipinski definition) is 5. The fraction of sp³-hybridized carbons (Fsp3) is 0.471. The average Bonchev–Trinajstić information content (AvgIpc) is 3.14. The van der Waals surface area contributed by atoms with Crippen LogP contribution < -0.4 is 5.32 Å². The summed E-state index contributed by atoms with van der Waals surface area (Å²) in [5.41, 5.74) is 2.76. The summed E-state index contributed by atoms with van der Waals surface area (Å²) in [7, 11) is -3.07. The Kier molecular flexibility index (Phi) is 4.51. The summed E-state index contributed by atoms with van der Waals surface area (Å²) in [4.78, 5) is 27.4. The van der Waals surface area contributed by atoms with Gasteiger partial charge in [-0.2, -0.15) is 5.10 Å². The lowest BCUT2D eigenvalue weighted by atomic mass is 10.1. The van der Waals surface area contributed by atoms with Gasteiger partial charge in [-0.25, -0.2) is 13.1 Å². The van der Waals surface area contributed by atoms with Gasteiger partial charge in [0.15, 0.2) is 15.6 Å². The minimum absolute atomic E-state index is 0.0200. The third-order valence-electron chi connectivity index (χ3n) is 4.67. The Hall–Kier alpha value is -2.42. The van der Waals surface area contributed by atoms with E-state index < -0.39 is 9.84 Å².